The minimum absolute atomic E-state index is 0.182. The third-order valence-corrected chi connectivity index (χ3v) is 6.48. The lowest BCUT2D eigenvalue weighted by atomic mass is 10.1. The first-order chi connectivity index (χ1) is 10.3. The van der Waals surface area contributed by atoms with Crippen LogP contribution in [0.3, 0.4) is 0 Å². The van der Waals surface area contributed by atoms with E-state index in [4.69, 9.17) is 0 Å². The Bertz CT molecular complexity index is 501. The van der Waals surface area contributed by atoms with Gasteiger partial charge in [0, 0.05) is 0 Å². The van der Waals surface area contributed by atoms with Gasteiger partial charge in [0.15, 0.2) is 0 Å². The van der Waals surface area contributed by atoms with Crippen LogP contribution in [0.5, 0.6) is 0 Å². The molecule has 0 aromatic heterocycles. The van der Waals surface area contributed by atoms with E-state index in [0.29, 0.717) is 0 Å². The van der Waals surface area contributed by atoms with E-state index >= 15 is 0 Å². The van der Waals surface area contributed by atoms with E-state index in [2.05, 4.69) is 68.4 Å². The first-order valence-corrected chi connectivity index (χ1v) is 9.79. The summed E-state index contributed by atoms with van der Waals surface area (Å²) in [6.07, 6.45) is 7.69. The molecule has 0 nitrogen and oxygen atoms in total. The van der Waals surface area contributed by atoms with Crippen molar-refractivity contribution in [1.29, 1.82) is 0 Å². The Labute approximate surface area is 131 Å². The molecule has 0 radical (unpaired) electrons. The molecule has 0 aliphatic rings. The predicted molar refractivity (Wildman–Crippen MR) is 97.5 cm³/mol. The molecule has 0 aliphatic carbocycles. The van der Waals surface area contributed by atoms with Crippen molar-refractivity contribution >= 4 is 18.5 Å². The molecule has 0 amide bonds. The summed E-state index contributed by atoms with van der Waals surface area (Å²) < 4.78 is 0. The number of benzene rings is 2. The predicted octanol–water partition coefficient (Wildman–Crippen LogP) is 5.26. The van der Waals surface area contributed by atoms with Gasteiger partial charge < -0.3 is 0 Å². The fourth-order valence-corrected chi connectivity index (χ4v) is 5.04. The number of unbranched alkanes of at least 4 members (excludes halogenated alkanes) is 2. The summed E-state index contributed by atoms with van der Waals surface area (Å²) in [6.45, 7) is 4.54. The zero-order valence-electron chi connectivity index (χ0n) is 13.4. The number of aryl methyl sites for hydroxylation is 1. The van der Waals surface area contributed by atoms with Crippen LogP contribution in [0.2, 0.25) is 0 Å². The van der Waals surface area contributed by atoms with Crippen molar-refractivity contribution in [1.82, 2.24) is 0 Å². The smallest absolute Gasteiger partial charge is 0.0195 e. The van der Waals surface area contributed by atoms with Gasteiger partial charge in [-0.15, -0.1) is 0 Å². The molecular formula is C20H27P. The van der Waals surface area contributed by atoms with Gasteiger partial charge in [-0.05, 0) is 49.5 Å². The number of hydrogen-bond donors (Lipinski definition) is 0. The Kier molecular flexibility index (Phi) is 6.96. The molecular weight excluding hydrogens is 271 g/mol. The molecule has 0 fully saturated rings. The first kappa shape index (κ1) is 16.2. The molecule has 0 bridgehead atoms. The molecule has 2 rings (SSSR count). The maximum absolute atomic E-state index is 2.37. The van der Waals surface area contributed by atoms with E-state index in [1.165, 1.54) is 54.4 Å². The van der Waals surface area contributed by atoms with Gasteiger partial charge in [0.25, 0.3) is 0 Å². The zero-order chi connectivity index (χ0) is 14.9. The van der Waals surface area contributed by atoms with E-state index in [9.17, 15) is 0 Å². The fraction of sp³-hybridized carbons (Fsp3) is 0.400. The van der Waals surface area contributed by atoms with E-state index in [1.54, 1.807) is 0 Å². The Morgan fingerprint density at radius 2 is 1.33 bits per heavy atom. The Balaban J connectivity index is 2.16. The summed E-state index contributed by atoms with van der Waals surface area (Å²) in [5, 5.41) is 3.05. The monoisotopic (exact) mass is 298 g/mol. The summed E-state index contributed by atoms with van der Waals surface area (Å²) in [7, 11) is -0.182. The highest BCUT2D eigenvalue weighted by atomic mass is 31.1. The van der Waals surface area contributed by atoms with Gasteiger partial charge in [-0.3, -0.25) is 0 Å². The second-order valence-corrected chi connectivity index (χ2v) is 7.95. The summed E-state index contributed by atoms with van der Waals surface area (Å²) in [4.78, 5) is 0. The molecule has 1 unspecified atom stereocenters. The SMILES string of the molecule is CCCCc1ccc(P(CCCC)c2ccccc2)cc1. The van der Waals surface area contributed by atoms with Crippen LogP contribution in [-0.4, -0.2) is 6.16 Å². The Hall–Kier alpha value is -1.13. The average molecular weight is 298 g/mol. The molecule has 0 saturated heterocycles. The van der Waals surface area contributed by atoms with Crippen LogP contribution in [0.1, 0.15) is 45.1 Å². The molecule has 112 valence electrons. The van der Waals surface area contributed by atoms with Gasteiger partial charge in [-0.1, -0.05) is 81.3 Å². The highest BCUT2D eigenvalue weighted by Crippen LogP contribution is 2.34. The van der Waals surface area contributed by atoms with Crippen molar-refractivity contribution in [3.8, 4) is 0 Å². The van der Waals surface area contributed by atoms with Crippen LogP contribution in [0, 0.1) is 0 Å². The zero-order valence-corrected chi connectivity index (χ0v) is 14.3. The van der Waals surface area contributed by atoms with Crippen molar-refractivity contribution in [2.75, 3.05) is 6.16 Å². The van der Waals surface area contributed by atoms with Crippen molar-refractivity contribution in [2.24, 2.45) is 0 Å². The topological polar surface area (TPSA) is 0 Å². The van der Waals surface area contributed by atoms with Crippen LogP contribution in [0.4, 0.5) is 0 Å². The normalized spacial score (nSPS) is 12.3. The van der Waals surface area contributed by atoms with Gasteiger partial charge in [0.2, 0.25) is 0 Å². The van der Waals surface area contributed by atoms with Crippen molar-refractivity contribution in [3.05, 3.63) is 60.2 Å². The summed E-state index contributed by atoms with van der Waals surface area (Å²) >= 11 is 0. The lowest BCUT2D eigenvalue weighted by Gasteiger charge is -2.19. The molecule has 0 N–H and O–H groups in total. The van der Waals surface area contributed by atoms with Crippen LogP contribution in [0.25, 0.3) is 0 Å². The fourth-order valence-electron chi connectivity index (χ4n) is 2.55. The second-order valence-electron chi connectivity index (χ2n) is 5.61. The number of hydrogen-bond acceptors (Lipinski definition) is 0. The maximum Gasteiger partial charge on any atom is -0.0195 e. The Morgan fingerprint density at radius 1 is 0.714 bits per heavy atom. The molecule has 1 heteroatoms. The van der Waals surface area contributed by atoms with Gasteiger partial charge in [0.05, 0.1) is 0 Å². The van der Waals surface area contributed by atoms with Crippen LogP contribution in [-0.2, 0) is 6.42 Å². The maximum atomic E-state index is 2.37. The van der Waals surface area contributed by atoms with Crippen LogP contribution >= 0.6 is 7.92 Å². The third-order valence-electron chi connectivity index (χ3n) is 3.87. The van der Waals surface area contributed by atoms with Crippen molar-refractivity contribution in [2.45, 2.75) is 46.0 Å². The number of rotatable bonds is 8. The molecule has 2 aromatic rings. The summed E-state index contributed by atoms with van der Waals surface area (Å²) in [5.41, 5.74) is 1.49. The quantitative estimate of drug-likeness (QED) is 0.583. The van der Waals surface area contributed by atoms with E-state index in [0.717, 1.165) is 0 Å². The van der Waals surface area contributed by atoms with Crippen molar-refractivity contribution in [3.63, 3.8) is 0 Å². The molecule has 0 spiro atoms. The lowest BCUT2D eigenvalue weighted by molar-refractivity contribution is 0.795. The van der Waals surface area contributed by atoms with E-state index < -0.39 is 0 Å². The average Bonchev–Trinajstić information content (AvgIpc) is 2.55. The second kappa shape index (κ2) is 9.00. The molecule has 0 aliphatic heterocycles. The Morgan fingerprint density at radius 3 is 1.95 bits per heavy atom. The van der Waals surface area contributed by atoms with Gasteiger partial charge in [0.1, 0.15) is 0 Å². The largest absolute Gasteiger partial charge is 0.0654 e. The van der Waals surface area contributed by atoms with Crippen LogP contribution in [0.15, 0.2) is 54.6 Å². The minimum atomic E-state index is -0.182. The minimum Gasteiger partial charge on any atom is -0.0654 e. The highest BCUT2D eigenvalue weighted by molar-refractivity contribution is 7.73. The van der Waals surface area contributed by atoms with Gasteiger partial charge in [-0.2, -0.15) is 0 Å². The van der Waals surface area contributed by atoms with Crippen LogP contribution < -0.4 is 10.6 Å². The molecule has 2 aromatic carbocycles. The third kappa shape index (κ3) is 4.97. The lowest BCUT2D eigenvalue weighted by Crippen LogP contribution is -2.14. The summed E-state index contributed by atoms with van der Waals surface area (Å²) in [5.74, 6) is 0. The van der Waals surface area contributed by atoms with E-state index in [1.807, 2.05) is 0 Å². The molecule has 1 atom stereocenters. The molecule has 0 heterocycles. The standard InChI is InChI=1S/C20H27P/c1-3-5-10-18-13-15-20(16-14-18)21(17-6-4-2)19-11-8-7-9-12-19/h7-9,11-16H,3-6,10,17H2,1-2H3. The van der Waals surface area contributed by atoms with E-state index in [-0.39, 0.29) is 7.92 Å². The summed E-state index contributed by atoms with van der Waals surface area (Å²) in [6, 6.07) is 20.5. The first-order valence-electron chi connectivity index (χ1n) is 8.26. The van der Waals surface area contributed by atoms with Gasteiger partial charge >= 0.3 is 0 Å². The molecule has 0 saturated carbocycles. The highest BCUT2D eigenvalue weighted by Gasteiger charge is 2.12. The molecule has 21 heavy (non-hydrogen) atoms. The van der Waals surface area contributed by atoms with Crippen molar-refractivity contribution < 1.29 is 0 Å². The van der Waals surface area contributed by atoms with Gasteiger partial charge in [-0.25, -0.2) is 0 Å².